The van der Waals surface area contributed by atoms with E-state index in [0.717, 1.165) is 17.7 Å². The summed E-state index contributed by atoms with van der Waals surface area (Å²) in [6, 6.07) is 7.20. The van der Waals surface area contributed by atoms with Crippen LogP contribution in [0.5, 0.6) is 0 Å². The molecule has 2 rings (SSSR count). The Morgan fingerprint density at radius 2 is 2.19 bits per heavy atom. The van der Waals surface area contributed by atoms with Gasteiger partial charge in [-0.25, -0.2) is 0 Å². The second-order valence-corrected chi connectivity index (χ2v) is 8.63. The first-order valence-electron chi connectivity index (χ1n) is 8.29. The van der Waals surface area contributed by atoms with Crippen LogP contribution >= 0.6 is 27.7 Å². The average Bonchev–Trinajstić information content (AvgIpc) is 2.45. The molecular formula is C18H28BrNS. The van der Waals surface area contributed by atoms with Crippen molar-refractivity contribution in [1.29, 1.82) is 0 Å². The Balaban J connectivity index is 2.10. The molecule has 0 aliphatic heterocycles. The molecule has 0 radical (unpaired) electrons. The molecule has 1 saturated carbocycles. The number of hydrogen-bond donors (Lipinski definition) is 1. The topological polar surface area (TPSA) is 12.0 Å². The summed E-state index contributed by atoms with van der Waals surface area (Å²) in [5.74, 6) is 0.891. The fraction of sp³-hybridized carbons (Fsp3) is 0.667. The van der Waals surface area contributed by atoms with Crippen molar-refractivity contribution in [1.82, 2.24) is 5.32 Å². The van der Waals surface area contributed by atoms with Crippen LogP contribution < -0.4 is 5.32 Å². The van der Waals surface area contributed by atoms with E-state index in [2.05, 4.69) is 72.0 Å². The quantitative estimate of drug-likeness (QED) is 0.642. The van der Waals surface area contributed by atoms with Gasteiger partial charge >= 0.3 is 0 Å². The third-order valence-electron chi connectivity index (χ3n) is 4.32. The fourth-order valence-corrected chi connectivity index (χ4v) is 5.26. The lowest BCUT2D eigenvalue weighted by Gasteiger charge is -2.27. The number of hydrogen-bond acceptors (Lipinski definition) is 2. The van der Waals surface area contributed by atoms with Crippen molar-refractivity contribution in [3.8, 4) is 0 Å². The Kier molecular flexibility index (Phi) is 7.11. The van der Waals surface area contributed by atoms with Gasteiger partial charge in [-0.1, -0.05) is 48.7 Å². The van der Waals surface area contributed by atoms with Gasteiger partial charge in [0.15, 0.2) is 0 Å². The van der Waals surface area contributed by atoms with Crippen LogP contribution in [0.1, 0.15) is 64.5 Å². The van der Waals surface area contributed by atoms with Crippen molar-refractivity contribution in [3.05, 3.63) is 28.2 Å². The third-order valence-corrected chi connectivity index (χ3v) is 6.19. The van der Waals surface area contributed by atoms with Gasteiger partial charge in [0.05, 0.1) is 0 Å². The molecule has 1 aliphatic rings. The minimum atomic E-state index is 0.432. The van der Waals surface area contributed by atoms with Gasteiger partial charge in [0.2, 0.25) is 0 Å². The Morgan fingerprint density at radius 1 is 1.38 bits per heavy atom. The van der Waals surface area contributed by atoms with Crippen molar-refractivity contribution < 1.29 is 0 Å². The van der Waals surface area contributed by atoms with E-state index in [1.54, 1.807) is 0 Å². The molecule has 1 fully saturated rings. The molecule has 0 amide bonds. The molecule has 3 atom stereocenters. The van der Waals surface area contributed by atoms with Gasteiger partial charge in [-0.2, -0.15) is 0 Å². The largest absolute Gasteiger partial charge is 0.310 e. The molecule has 1 aromatic rings. The van der Waals surface area contributed by atoms with E-state index in [1.807, 2.05) is 0 Å². The van der Waals surface area contributed by atoms with Crippen molar-refractivity contribution in [2.75, 3.05) is 6.54 Å². The zero-order valence-electron chi connectivity index (χ0n) is 13.5. The SMILES string of the molecule is CCCNC(C)c1ccc(Br)cc1SC1CCCC(C)C1. The van der Waals surface area contributed by atoms with Crippen LogP contribution in [0.4, 0.5) is 0 Å². The molecule has 21 heavy (non-hydrogen) atoms. The van der Waals surface area contributed by atoms with Crippen molar-refractivity contribution in [3.63, 3.8) is 0 Å². The summed E-state index contributed by atoms with van der Waals surface area (Å²) in [7, 11) is 0. The average molecular weight is 370 g/mol. The Bertz CT molecular complexity index is 449. The molecule has 0 spiro atoms. The van der Waals surface area contributed by atoms with Gasteiger partial charge in [-0.3, -0.25) is 0 Å². The maximum Gasteiger partial charge on any atom is 0.0302 e. The number of benzene rings is 1. The van der Waals surface area contributed by atoms with E-state index < -0.39 is 0 Å². The normalized spacial score (nSPS) is 24.0. The van der Waals surface area contributed by atoms with Gasteiger partial charge < -0.3 is 5.32 Å². The molecule has 3 unspecified atom stereocenters. The summed E-state index contributed by atoms with van der Waals surface area (Å²) in [4.78, 5) is 1.46. The van der Waals surface area contributed by atoms with E-state index in [1.165, 1.54) is 47.0 Å². The summed E-state index contributed by atoms with van der Waals surface area (Å²) >= 11 is 5.74. The molecule has 3 heteroatoms. The lowest BCUT2D eigenvalue weighted by atomic mass is 9.91. The zero-order valence-corrected chi connectivity index (χ0v) is 15.9. The van der Waals surface area contributed by atoms with Gasteiger partial charge in [0.25, 0.3) is 0 Å². The Hall–Kier alpha value is 0.01000. The fourth-order valence-electron chi connectivity index (χ4n) is 3.10. The highest BCUT2D eigenvalue weighted by molar-refractivity contribution is 9.10. The molecule has 0 aromatic heterocycles. The van der Waals surface area contributed by atoms with Crippen molar-refractivity contribution in [2.24, 2.45) is 5.92 Å². The summed E-state index contributed by atoms with van der Waals surface area (Å²) < 4.78 is 1.19. The predicted molar refractivity (Wildman–Crippen MR) is 98.1 cm³/mol. The third kappa shape index (κ3) is 5.30. The molecule has 1 N–H and O–H groups in total. The van der Waals surface area contributed by atoms with Gasteiger partial charge in [0, 0.05) is 20.7 Å². The maximum atomic E-state index is 3.64. The van der Waals surface area contributed by atoms with Crippen molar-refractivity contribution >= 4 is 27.7 Å². The second-order valence-electron chi connectivity index (χ2n) is 6.37. The molecule has 118 valence electrons. The minimum Gasteiger partial charge on any atom is -0.310 e. The Morgan fingerprint density at radius 3 is 2.90 bits per heavy atom. The zero-order chi connectivity index (χ0) is 15.2. The van der Waals surface area contributed by atoms with Gasteiger partial charge in [0.1, 0.15) is 0 Å². The number of thioether (sulfide) groups is 1. The van der Waals surface area contributed by atoms with Gasteiger partial charge in [-0.05, 0) is 56.3 Å². The highest BCUT2D eigenvalue weighted by Gasteiger charge is 2.21. The molecule has 0 bridgehead atoms. The van der Waals surface area contributed by atoms with Crippen LogP contribution in [0, 0.1) is 5.92 Å². The molecule has 1 aliphatic carbocycles. The van der Waals surface area contributed by atoms with E-state index in [-0.39, 0.29) is 0 Å². The lowest BCUT2D eigenvalue weighted by Crippen LogP contribution is -2.20. The van der Waals surface area contributed by atoms with E-state index in [9.17, 15) is 0 Å². The lowest BCUT2D eigenvalue weighted by molar-refractivity contribution is 0.394. The molecule has 1 nitrogen and oxygen atoms in total. The summed E-state index contributed by atoms with van der Waals surface area (Å²) in [5, 5.41) is 4.42. The first kappa shape index (κ1) is 17.4. The van der Waals surface area contributed by atoms with Crippen LogP contribution in [-0.2, 0) is 0 Å². The van der Waals surface area contributed by atoms with Crippen LogP contribution in [0.2, 0.25) is 0 Å². The van der Waals surface area contributed by atoms with Gasteiger partial charge in [-0.15, -0.1) is 11.8 Å². The summed E-state index contributed by atoms with van der Waals surface area (Å²) in [6.07, 6.45) is 6.73. The van der Waals surface area contributed by atoms with Crippen molar-refractivity contribution in [2.45, 2.75) is 69.1 Å². The number of nitrogens with one attached hydrogen (secondary N) is 1. The summed E-state index contributed by atoms with van der Waals surface area (Å²) in [5.41, 5.74) is 1.45. The minimum absolute atomic E-state index is 0.432. The van der Waals surface area contributed by atoms with Crippen LogP contribution in [0.3, 0.4) is 0 Å². The van der Waals surface area contributed by atoms with Crippen LogP contribution in [-0.4, -0.2) is 11.8 Å². The van der Waals surface area contributed by atoms with E-state index in [4.69, 9.17) is 0 Å². The first-order valence-corrected chi connectivity index (χ1v) is 9.97. The smallest absolute Gasteiger partial charge is 0.0302 e. The van der Waals surface area contributed by atoms with Crippen LogP contribution in [0.15, 0.2) is 27.6 Å². The Labute approximate surface area is 142 Å². The summed E-state index contributed by atoms with van der Waals surface area (Å²) in [6.45, 7) is 7.99. The van der Waals surface area contributed by atoms with E-state index >= 15 is 0 Å². The first-order chi connectivity index (χ1) is 10.1. The molecule has 1 aromatic carbocycles. The monoisotopic (exact) mass is 369 g/mol. The van der Waals surface area contributed by atoms with E-state index in [0.29, 0.717) is 6.04 Å². The maximum absolute atomic E-state index is 3.64. The molecule has 0 saturated heterocycles. The highest BCUT2D eigenvalue weighted by Crippen LogP contribution is 2.39. The molecular weight excluding hydrogens is 342 g/mol. The highest BCUT2D eigenvalue weighted by atomic mass is 79.9. The standard InChI is InChI=1S/C18H28BrNS/c1-4-10-20-14(3)17-9-8-15(19)12-18(17)21-16-7-5-6-13(2)11-16/h8-9,12-14,16,20H,4-7,10-11H2,1-3H3. The second kappa shape index (κ2) is 8.59. The number of rotatable bonds is 6. The molecule has 0 heterocycles. The number of halogens is 1. The van der Waals surface area contributed by atoms with Crippen LogP contribution in [0.25, 0.3) is 0 Å². The predicted octanol–water partition coefficient (Wildman–Crippen LogP) is 6.18.